The van der Waals surface area contributed by atoms with E-state index in [0.29, 0.717) is 51.4 Å². The summed E-state index contributed by atoms with van der Waals surface area (Å²) in [4.78, 5) is 14.2. The maximum atomic E-state index is 14.2. The van der Waals surface area contributed by atoms with Gasteiger partial charge in [-0.25, -0.2) is 0 Å². The third-order valence-electron chi connectivity index (χ3n) is 16.7. The van der Waals surface area contributed by atoms with E-state index in [1.54, 1.807) is 0 Å². The summed E-state index contributed by atoms with van der Waals surface area (Å²) in [5.41, 5.74) is -2.04. The monoisotopic (exact) mass is 936 g/mol. The SMILES string of the molecule is C=C1C[C@@]23CC[C@H]4[C@@](C)(CCC[C@@]4(C)C(=O)O[C@@H]4O[C@H](CO)[C@@H](O)[C@H](O)[C@H]4O)[C@@H]2CC[C@]1(O[C@@H]1OC[C@@H](O)[C@H](O[C@@H]2O[C@H](CO)[C@@H](O)[C@H](O)[C@H]2O)[C@H]1O[C@@H]1O[C@H](CO)[C@@H](O)[C@H](O)[C@H]1O)C3. The average Bonchev–Trinajstić information content (AvgIpc) is 3.48. The van der Waals surface area contributed by atoms with Crippen LogP contribution in [0.2, 0.25) is 0 Å². The van der Waals surface area contributed by atoms with Gasteiger partial charge < -0.3 is 104 Å². The molecule has 2 bridgehead atoms. The smallest absolute Gasteiger partial charge is 0.314 e. The highest BCUT2D eigenvalue weighted by Gasteiger charge is 2.69. The first kappa shape index (κ1) is 49.8. The van der Waals surface area contributed by atoms with Crippen LogP contribution >= 0.6 is 0 Å². The molecule has 4 aliphatic heterocycles. The number of esters is 1. The first-order chi connectivity index (χ1) is 30.7. The van der Waals surface area contributed by atoms with Crippen molar-refractivity contribution < 1.29 is 109 Å². The molecule has 0 amide bonds. The number of carbonyl (C=O) groups excluding carboxylic acids is 1. The molecule has 1 spiro atoms. The first-order valence-corrected chi connectivity index (χ1v) is 22.8. The third kappa shape index (κ3) is 8.32. The van der Waals surface area contributed by atoms with Gasteiger partial charge in [-0.1, -0.05) is 19.9 Å². The lowest BCUT2D eigenvalue weighted by Crippen LogP contribution is -2.66. The predicted octanol–water partition coefficient (Wildman–Crippen LogP) is -4.47. The predicted molar refractivity (Wildman–Crippen MR) is 213 cm³/mol. The maximum absolute atomic E-state index is 14.2. The van der Waals surface area contributed by atoms with E-state index in [4.69, 9.17) is 37.9 Å². The van der Waals surface area contributed by atoms with E-state index in [0.717, 1.165) is 12.0 Å². The molecule has 0 aromatic rings. The maximum Gasteiger partial charge on any atom is 0.314 e. The number of hydrogen-bond donors (Lipinski definition) is 13. The molecule has 65 heavy (non-hydrogen) atoms. The minimum Gasteiger partial charge on any atom is -0.432 e. The van der Waals surface area contributed by atoms with E-state index in [1.807, 2.05) is 6.92 Å². The van der Waals surface area contributed by atoms with Crippen LogP contribution in [0.4, 0.5) is 0 Å². The van der Waals surface area contributed by atoms with Gasteiger partial charge in [0.1, 0.15) is 91.6 Å². The van der Waals surface area contributed by atoms with Crippen LogP contribution in [0.15, 0.2) is 12.2 Å². The Kier molecular flexibility index (Phi) is 14.3. The van der Waals surface area contributed by atoms with Crippen LogP contribution in [0.1, 0.15) is 71.6 Å². The number of fused-ring (bicyclic) bond motifs is 3. The second kappa shape index (κ2) is 18.6. The summed E-state index contributed by atoms with van der Waals surface area (Å²) in [6, 6.07) is 0. The molecule has 372 valence electrons. The van der Waals surface area contributed by atoms with Crippen LogP contribution < -0.4 is 0 Å². The van der Waals surface area contributed by atoms with Gasteiger partial charge in [0.25, 0.3) is 0 Å². The van der Waals surface area contributed by atoms with Crippen LogP contribution in [0.5, 0.6) is 0 Å². The number of hydrogen-bond acceptors (Lipinski definition) is 22. The molecule has 0 aromatic heterocycles. The second-order valence-corrected chi connectivity index (χ2v) is 20.4. The van der Waals surface area contributed by atoms with Gasteiger partial charge in [0.2, 0.25) is 6.29 Å². The Morgan fingerprint density at radius 3 is 1.69 bits per heavy atom. The fraction of sp³-hybridized carbons (Fsp3) is 0.930. The number of ether oxygens (including phenoxy) is 8. The standard InChI is InChI=1S/C43H68O22/c1-17-11-42-9-5-22-40(2,7-4-8-41(22,3)39(57)64-37-32(56)29(53)26(50)21(14-46)61-37)23(42)6-10-43(17,16-42)65-38-34(63-36-31(55)28(52)25(49)20(13-45)60-36)33(18(47)15-58-38)62-35-30(54)27(51)24(48)19(12-44)59-35/h18-38,44-56H,1,4-16H2,2-3H3/t18-,19-,20-,21-,22+,23+,24-,25-,26-,27+,28+,29+,30-,31-,32-,33+,34-,35+,36+,37+,38+,40-,41-,42-,43+/m1/s1. The molecule has 25 atom stereocenters. The quantitative estimate of drug-likeness (QED) is 0.0528. The highest BCUT2D eigenvalue weighted by molar-refractivity contribution is 5.77. The molecule has 13 N–H and O–H groups in total. The summed E-state index contributed by atoms with van der Waals surface area (Å²) in [5, 5.41) is 136. The number of aliphatic hydroxyl groups is 13. The Morgan fingerprint density at radius 1 is 0.631 bits per heavy atom. The summed E-state index contributed by atoms with van der Waals surface area (Å²) in [5.74, 6) is -0.707. The van der Waals surface area contributed by atoms with Crippen molar-refractivity contribution in [2.24, 2.45) is 28.1 Å². The van der Waals surface area contributed by atoms with E-state index in [2.05, 4.69) is 13.5 Å². The lowest BCUT2D eigenvalue weighted by molar-refractivity contribution is -0.389. The van der Waals surface area contributed by atoms with Crippen molar-refractivity contribution in [1.82, 2.24) is 0 Å². The van der Waals surface area contributed by atoms with Crippen molar-refractivity contribution in [3.8, 4) is 0 Å². The molecule has 0 radical (unpaired) electrons. The average molecular weight is 937 g/mol. The van der Waals surface area contributed by atoms with Crippen molar-refractivity contribution in [3.63, 3.8) is 0 Å². The van der Waals surface area contributed by atoms with Crippen LogP contribution in [0, 0.1) is 28.1 Å². The molecule has 4 saturated heterocycles. The van der Waals surface area contributed by atoms with E-state index < -0.39 is 160 Å². The van der Waals surface area contributed by atoms with Crippen molar-refractivity contribution in [2.45, 2.75) is 194 Å². The Labute approximate surface area is 375 Å². The molecule has 0 aromatic carbocycles. The molecule has 0 unspecified atom stereocenters. The largest absolute Gasteiger partial charge is 0.432 e. The Hall–Kier alpha value is -1.59. The molecule has 4 heterocycles. The van der Waals surface area contributed by atoms with E-state index >= 15 is 0 Å². The Bertz CT molecular complexity index is 1700. The molecular weight excluding hydrogens is 868 g/mol. The van der Waals surface area contributed by atoms with Crippen LogP contribution in [-0.2, 0) is 42.7 Å². The van der Waals surface area contributed by atoms with Crippen molar-refractivity contribution in [3.05, 3.63) is 12.2 Å². The van der Waals surface area contributed by atoms with E-state index in [1.165, 1.54) is 0 Å². The number of carbonyl (C=O) groups is 1. The molecule has 22 nitrogen and oxygen atoms in total. The van der Waals surface area contributed by atoms with Gasteiger partial charge in [-0.05, 0) is 86.5 Å². The highest BCUT2D eigenvalue weighted by Crippen LogP contribution is 2.73. The van der Waals surface area contributed by atoms with Crippen molar-refractivity contribution in [2.75, 3.05) is 26.4 Å². The topological polar surface area (TPSA) is 354 Å². The Balaban J connectivity index is 1.04. The van der Waals surface area contributed by atoms with Crippen molar-refractivity contribution in [1.29, 1.82) is 0 Å². The van der Waals surface area contributed by atoms with E-state index in [9.17, 15) is 71.2 Å². The lowest BCUT2D eigenvalue weighted by atomic mass is 9.41. The Morgan fingerprint density at radius 2 is 1.14 bits per heavy atom. The van der Waals surface area contributed by atoms with Gasteiger partial charge in [-0.15, -0.1) is 0 Å². The summed E-state index contributed by atoms with van der Waals surface area (Å²) < 4.78 is 48.0. The fourth-order valence-electron chi connectivity index (χ4n) is 13.2. The molecule has 8 fully saturated rings. The minimum atomic E-state index is -1.90. The number of rotatable bonds is 11. The van der Waals surface area contributed by atoms with Gasteiger partial charge >= 0.3 is 5.97 Å². The summed E-state index contributed by atoms with van der Waals surface area (Å²) in [6.07, 6.45) is -25.9. The summed E-state index contributed by atoms with van der Waals surface area (Å²) >= 11 is 0. The third-order valence-corrected chi connectivity index (χ3v) is 16.7. The van der Waals surface area contributed by atoms with Crippen LogP contribution in [0.25, 0.3) is 0 Å². The van der Waals surface area contributed by atoms with Crippen LogP contribution in [-0.4, -0.2) is 221 Å². The molecule has 4 aliphatic carbocycles. The molecule has 4 saturated carbocycles. The zero-order valence-electron chi connectivity index (χ0n) is 36.5. The van der Waals surface area contributed by atoms with E-state index in [-0.39, 0.29) is 22.7 Å². The zero-order chi connectivity index (χ0) is 47.1. The summed E-state index contributed by atoms with van der Waals surface area (Å²) in [6.45, 7) is 5.94. The van der Waals surface area contributed by atoms with Gasteiger partial charge in [-0.3, -0.25) is 4.79 Å². The zero-order valence-corrected chi connectivity index (χ0v) is 36.5. The fourth-order valence-corrected chi connectivity index (χ4v) is 13.2. The van der Waals surface area contributed by atoms with Gasteiger partial charge in [0, 0.05) is 0 Å². The van der Waals surface area contributed by atoms with Gasteiger partial charge in [0.15, 0.2) is 18.9 Å². The lowest BCUT2D eigenvalue weighted by Gasteiger charge is -2.64. The molecular formula is C43H68O22. The molecule has 8 rings (SSSR count). The van der Waals surface area contributed by atoms with Crippen molar-refractivity contribution >= 4 is 5.97 Å². The number of aliphatic hydroxyl groups excluding tert-OH is 13. The molecule has 22 heteroatoms. The van der Waals surface area contributed by atoms with Gasteiger partial charge in [-0.2, -0.15) is 0 Å². The van der Waals surface area contributed by atoms with Crippen LogP contribution in [0.3, 0.4) is 0 Å². The molecule has 8 aliphatic rings. The van der Waals surface area contributed by atoms with Gasteiger partial charge in [0.05, 0.1) is 37.4 Å². The first-order valence-electron chi connectivity index (χ1n) is 22.8. The second-order valence-electron chi connectivity index (χ2n) is 20.4. The highest BCUT2D eigenvalue weighted by atomic mass is 16.8. The normalized spacial score (nSPS) is 54.7. The summed E-state index contributed by atoms with van der Waals surface area (Å²) in [7, 11) is 0. The minimum absolute atomic E-state index is 0.0712.